The number of phenolic OH excluding ortho intramolecular Hbond substituents is 1. The van der Waals surface area contributed by atoms with Crippen molar-refractivity contribution in [1.29, 1.82) is 0 Å². The van der Waals surface area contributed by atoms with Crippen molar-refractivity contribution < 1.29 is 5.11 Å². The van der Waals surface area contributed by atoms with Crippen LogP contribution < -0.4 is 5.56 Å². The zero-order valence-corrected chi connectivity index (χ0v) is 17.6. The van der Waals surface area contributed by atoms with Crippen molar-refractivity contribution in [3.05, 3.63) is 79.0 Å². The molecule has 27 heavy (non-hydrogen) atoms. The first-order chi connectivity index (χ1) is 13.0. The summed E-state index contributed by atoms with van der Waals surface area (Å²) in [7, 11) is 0. The lowest BCUT2D eigenvalue weighted by Crippen LogP contribution is -2.16. The highest BCUT2D eigenvalue weighted by molar-refractivity contribution is 9.11. The molecule has 2 aromatic carbocycles. The van der Waals surface area contributed by atoms with Gasteiger partial charge in [-0.1, -0.05) is 46.3 Å². The first kappa shape index (κ1) is 18.1. The smallest absolute Gasteiger partial charge is 0.283 e. The number of hydrogen-bond donors (Lipinski definition) is 1. The lowest BCUT2D eigenvalue weighted by Gasteiger charge is -2.04. The Labute approximate surface area is 174 Å². The summed E-state index contributed by atoms with van der Waals surface area (Å²) in [6.45, 7) is 0. The van der Waals surface area contributed by atoms with Crippen LogP contribution in [0.2, 0.25) is 0 Å². The van der Waals surface area contributed by atoms with Crippen molar-refractivity contribution >= 4 is 59.6 Å². The summed E-state index contributed by atoms with van der Waals surface area (Å²) in [6, 6.07) is 13.1. The van der Waals surface area contributed by atoms with Gasteiger partial charge in [0.2, 0.25) is 0 Å². The fourth-order valence-electron chi connectivity index (χ4n) is 2.64. The number of nitrogens with zero attached hydrogens (tertiary/aromatic N) is 3. The van der Waals surface area contributed by atoms with Crippen molar-refractivity contribution in [3.63, 3.8) is 0 Å². The van der Waals surface area contributed by atoms with Gasteiger partial charge in [-0.15, -0.1) is 11.3 Å². The summed E-state index contributed by atoms with van der Waals surface area (Å²) in [5.41, 5.74) is 2.00. The van der Waals surface area contributed by atoms with E-state index < -0.39 is 0 Å². The number of aromatic nitrogens is 2. The van der Waals surface area contributed by atoms with Crippen LogP contribution in [0.15, 0.2) is 73.0 Å². The first-order valence-corrected chi connectivity index (χ1v) is 10.3. The van der Waals surface area contributed by atoms with E-state index in [4.69, 9.17) is 0 Å². The number of fused-ring (bicyclic) bond motifs is 1. The fraction of sp³-hybridized carbons (Fsp3) is 0. The third kappa shape index (κ3) is 3.47. The molecule has 4 aromatic rings. The predicted octanol–water partition coefficient (Wildman–Crippen LogP) is 5.24. The molecule has 0 aliphatic rings. The number of rotatable bonds is 3. The van der Waals surface area contributed by atoms with Gasteiger partial charge in [-0.05, 0) is 33.6 Å². The molecule has 0 aliphatic carbocycles. The normalized spacial score (nSPS) is 11.5. The van der Waals surface area contributed by atoms with Crippen molar-refractivity contribution in [2.24, 2.45) is 5.10 Å². The van der Waals surface area contributed by atoms with Gasteiger partial charge in [-0.3, -0.25) is 4.79 Å². The topological polar surface area (TPSA) is 67.5 Å². The van der Waals surface area contributed by atoms with Crippen molar-refractivity contribution in [2.45, 2.75) is 0 Å². The number of halogens is 2. The average Bonchev–Trinajstić information content (AvgIpc) is 3.10. The molecule has 2 aromatic heterocycles. The summed E-state index contributed by atoms with van der Waals surface area (Å²) in [5.74, 6) is 0.0459. The van der Waals surface area contributed by atoms with E-state index in [9.17, 15) is 9.90 Å². The van der Waals surface area contributed by atoms with E-state index in [2.05, 4.69) is 41.9 Å². The molecule has 0 spiro atoms. The Kier molecular flexibility index (Phi) is 4.94. The summed E-state index contributed by atoms with van der Waals surface area (Å²) >= 11 is 8.07. The molecule has 8 heteroatoms. The van der Waals surface area contributed by atoms with E-state index in [1.165, 1.54) is 28.6 Å². The monoisotopic (exact) mass is 503 g/mol. The maximum absolute atomic E-state index is 13.0. The van der Waals surface area contributed by atoms with Gasteiger partial charge in [0.25, 0.3) is 5.56 Å². The van der Waals surface area contributed by atoms with E-state index in [1.807, 2.05) is 35.7 Å². The van der Waals surface area contributed by atoms with Gasteiger partial charge in [-0.25, -0.2) is 4.98 Å². The minimum Gasteiger partial charge on any atom is -0.506 e. The van der Waals surface area contributed by atoms with Crippen LogP contribution in [-0.2, 0) is 0 Å². The Balaban J connectivity index is 1.82. The second-order valence-corrected chi connectivity index (χ2v) is 8.29. The van der Waals surface area contributed by atoms with Gasteiger partial charge < -0.3 is 5.11 Å². The van der Waals surface area contributed by atoms with Gasteiger partial charge in [0.05, 0.1) is 16.1 Å². The van der Waals surface area contributed by atoms with Crippen molar-refractivity contribution in [3.8, 4) is 16.9 Å². The summed E-state index contributed by atoms with van der Waals surface area (Å²) < 4.78 is 2.48. The summed E-state index contributed by atoms with van der Waals surface area (Å²) in [4.78, 5) is 18.0. The zero-order valence-electron chi connectivity index (χ0n) is 13.6. The molecule has 134 valence electrons. The van der Waals surface area contributed by atoms with Crippen molar-refractivity contribution in [2.75, 3.05) is 0 Å². The predicted molar refractivity (Wildman–Crippen MR) is 116 cm³/mol. The third-order valence-electron chi connectivity index (χ3n) is 3.94. The van der Waals surface area contributed by atoms with Crippen molar-refractivity contribution in [1.82, 2.24) is 9.66 Å². The lowest BCUT2D eigenvalue weighted by molar-refractivity contribution is 0.471. The first-order valence-electron chi connectivity index (χ1n) is 7.81. The van der Waals surface area contributed by atoms with Crippen LogP contribution in [0, 0.1) is 0 Å². The molecule has 0 unspecified atom stereocenters. The molecular weight excluding hydrogens is 494 g/mol. The molecule has 0 fully saturated rings. The Hall–Kier alpha value is -2.29. The van der Waals surface area contributed by atoms with Gasteiger partial charge in [0.15, 0.2) is 0 Å². The van der Waals surface area contributed by atoms with Crippen LogP contribution in [0.25, 0.3) is 21.3 Å². The third-order valence-corrected chi connectivity index (χ3v) is 5.89. The molecule has 0 aliphatic heterocycles. The van der Waals surface area contributed by atoms with E-state index >= 15 is 0 Å². The average molecular weight is 505 g/mol. The van der Waals surface area contributed by atoms with Crippen LogP contribution in [0.4, 0.5) is 0 Å². The minimum atomic E-state index is -0.259. The second-order valence-electron chi connectivity index (χ2n) is 5.66. The second kappa shape index (κ2) is 7.38. The summed E-state index contributed by atoms with van der Waals surface area (Å²) in [5, 5.41) is 16.8. The highest BCUT2D eigenvalue weighted by Crippen LogP contribution is 2.31. The summed E-state index contributed by atoms with van der Waals surface area (Å²) in [6.07, 6.45) is 2.81. The quantitative estimate of drug-likeness (QED) is 0.388. The largest absolute Gasteiger partial charge is 0.506 e. The Morgan fingerprint density at radius 2 is 1.96 bits per heavy atom. The maximum Gasteiger partial charge on any atom is 0.283 e. The standard InChI is InChI=1S/C19H11Br2N3O2S/c20-13-6-12(17(25)15(21)7-13)8-23-24-10-22-18-16(19(24)26)14(9-27-18)11-4-2-1-3-5-11/h1-10,25H. The molecule has 0 atom stereocenters. The molecule has 4 rings (SSSR count). The van der Waals surface area contributed by atoms with Crippen LogP contribution in [0.1, 0.15) is 5.56 Å². The number of hydrogen-bond acceptors (Lipinski definition) is 5. The number of aromatic hydroxyl groups is 1. The van der Waals surface area contributed by atoms with Crippen LogP contribution >= 0.6 is 43.2 Å². The Morgan fingerprint density at radius 1 is 1.19 bits per heavy atom. The van der Waals surface area contributed by atoms with Gasteiger partial charge in [-0.2, -0.15) is 9.78 Å². The van der Waals surface area contributed by atoms with E-state index in [0.717, 1.165) is 15.6 Å². The molecule has 0 bridgehead atoms. The van der Waals surface area contributed by atoms with E-state index in [1.54, 1.807) is 12.1 Å². The highest BCUT2D eigenvalue weighted by Gasteiger charge is 2.13. The fourth-order valence-corrected chi connectivity index (χ4v) is 4.81. The highest BCUT2D eigenvalue weighted by atomic mass is 79.9. The number of phenols is 1. The molecular formula is C19H11Br2N3O2S. The zero-order chi connectivity index (χ0) is 19.0. The molecule has 2 heterocycles. The van der Waals surface area contributed by atoms with Crippen LogP contribution in [0.5, 0.6) is 5.75 Å². The molecule has 0 radical (unpaired) electrons. The molecule has 0 saturated heterocycles. The number of benzene rings is 2. The maximum atomic E-state index is 13.0. The Morgan fingerprint density at radius 3 is 2.74 bits per heavy atom. The molecule has 1 N–H and O–H groups in total. The SMILES string of the molecule is O=c1c2c(-c3ccccc3)csc2ncn1N=Cc1cc(Br)cc(Br)c1O. The molecule has 0 amide bonds. The van der Waals surface area contributed by atoms with Gasteiger partial charge in [0.1, 0.15) is 16.9 Å². The Bertz CT molecular complexity index is 1230. The van der Waals surface area contributed by atoms with E-state index in [0.29, 0.717) is 20.3 Å². The number of thiophene rings is 1. The van der Waals surface area contributed by atoms with Gasteiger partial charge in [0, 0.05) is 21.0 Å². The van der Waals surface area contributed by atoms with Gasteiger partial charge >= 0.3 is 0 Å². The van der Waals surface area contributed by atoms with Crippen LogP contribution in [0.3, 0.4) is 0 Å². The van der Waals surface area contributed by atoms with E-state index in [-0.39, 0.29) is 11.3 Å². The molecule has 0 saturated carbocycles. The molecule has 5 nitrogen and oxygen atoms in total. The minimum absolute atomic E-state index is 0.0459. The van der Waals surface area contributed by atoms with Crippen LogP contribution in [-0.4, -0.2) is 21.0 Å². The lowest BCUT2D eigenvalue weighted by atomic mass is 10.1.